The van der Waals surface area contributed by atoms with E-state index in [1.807, 2.05) is 6.92 Å². The Morgan fingerprint density at radius 3 is 2.73 bits per heavy atom. The number of fused-ring (bicyclic) bond motifs is 1. The normalized spacial score (nSPS) is 31.8. The average Bonchev–Trinajstić information content (AvgIpc) is 3.14. The smallest absolute Gasteiger partial charge is 0.226 e. The Hall–Kier alpha value is -1.09. The second kappa shape index (κ2) is 5.23. The second-order valence-corrected chi connectivity index (χ2v) is 7.63. The van der Waals surface area contributed by atoms with Crippen molar-refractivity contribution in [3.8, 4) is 0 Å². The summed E-state index contributed by atoms with van der Waals surface area (Å²) in [6, 6.07) is 0.424. The van der Waals surface area contributed by atoms with Gasteiger partial charge in [0.25, 0.3) is 0 Å². The van der Waals surface area contributed by atoms with Crippen LogP contribution in [0.25, 0.3) is 11.2 Å². The summed E-state index contributed by atoms with van der Waals surface area (Å²) in [6.45, 7) is 1.89. The lowest BCUT2D eigenvalue weighted by molar-refractivity contribution is 0.0206. The van der Waals surface area contributed by atoms with Gasteiger partial charge in [-0.2, -0.15) is 9.97 Å². The van der Waals surface area contributed by atoms with Crippen LogP contribution in [0.4, 0.5) is 5.82 Å². The zero-order valence-corrected chi connectivity index (χ0v) is 13.4. The van der Waals surface area contributed by atoms with Gasteiger partial charge in [0.15, 0.2) is 17.0 Å². The molecule has 0 radical (unpaired) electrons. The lowest BCUT2D eigenvalue weighted by Crippen LogP contribution is -2.30. The highest BCUT2D eigenvalue weighted by Gasteiger charge is 2.41. The van der Waals surface area contributed by atoms with Gasteiger partial charge < -0.3 is 15.5 Å². The van der Waals surface area contributed by atoms with Crippen LogP contribution in [-0.4, -0.2) is 53.2 Å². The van der Waals surface area contributed by atoms with Crippen LogP contribution in [0.1, 0.15) is 25.1 Å². The van der Waals surface area contributed by atoms with Crippen molar-refractivity contribution in [2.75, 3.05) is 5.32 Å². The summed E-state index contributed by atoms with van der Waals surface area (Å²) in [4.78, 5) is 12.9. The van der Waals surface area contributed by atoms with E-state index >= 15 is 0 Å². The van der Waals surface area contributed by atoms with Crippen LogP contribution in [0.3, 0.4) is 0 Å². The van der Waals surface area contributed by atoms with Crippen molar-refractivity contribution in [3.05, 3.63) is 11.6 Å². The van der Waals surface area contributed by atoms with Gasteiger partial charge in [-0.25, -0.2) is 4.98 Å². The van der Waals surface area contributed by atoms with Crippen LogP contribution in [0.15, 0.2) is 6.33 Å². The van der Waals surface area contributed by atoms with Crippen LogP contribution in [-0.2, 0) is 0 Å². The first-order valence-corrected chi connectivity index (χ1v) is 8.55. The highest BCUT2D eigenvalue weighted by Crippen LogP contribution is 2.43. The summed E-state index contributed by atoms with van der Waals surface area (Å²) < 4.78 is 1.77. The molecule has 0 bridgehead atoms. The van der Waals surface area contributed by atoms with Crippen molar-refractivity contribution in [1.82, 2.24) is 19.5 Å². The van der Waals surface area contributed by atoms with Gasteiger partial charge in [0.1, 0.15) is 11.5 Å². The first-order valence-electron chi connectivity index (χ1n) is 7.23. The molecule has 2 aromatic heterocycles. The molecule has 3 heterocycles. The Labute approximate surface area is 136 Å². The molecule has 0 aromatic carbocycles. The fourth-order valence-electron chi connectivity index (χ4n) is 2.66. The number of nitrogens with zero attached hydrogens (tertiary/aromatic N) is 4. The topological polar surface area (TPSA) is 96.1 Å². The minimum atomic E-state index is -0.869. The van der Waals surface area contributed by atoms with Crippen molar-refractivity contribution in [3.63, 3.8) is 0 Å². The summed E-state index contributed by atoms with van der Waals surface area (Å²) in [5.74, 6) is 0.627. The first-order chi connectivity index (χ1) is 10.5. The van der Waals surface area contributed by atoms with Crippen LogP contribution in [0, 0.1) is 0 Å². The molecule has 0 unspecified atom stereocenters. The molecule has 9 heteroatoms. The van der Waals surface area contributed by atoms with Gasteiger partial charge in [0, 0.05) is 11.3 Å². The molecular weight excluding hydrogens is 326 g/mol. The minimum absolute atomic E-state index is 0.0566. The molecule has 1 aliphatic heterocycles. The number of anilines is 1. The largest absolute Gasteiger partial charge is 0.389 e. The summed E-state index contributed by atoms with van der Waals surface area (Å²) in [5, 5.41) is 23.3. The summed E-state index contributed by atoms with van der Waals surface area (Å²) in [7, 11) is 0. The minimum Gasteiger partial charge on any atom is -0.389 e. The van der Waals surface area contributed by atoms with Gasteiger partial charge in [-0.05, 0) is 24.4 Å². The van der Waals surface area contributed by atoms with Gasteiger partial charge in [-0.15, -0.1) is 11.8 Å². The summed E-state index contributed by atoms with van der Waals surface area (Å²) in [5.41, 5.74) is 1.21. The van der Waals surface area contributed by atoms with Gasteiger partial charge in [0.05, 0.1) is 12.4 Å². The number of aromatic nitrogens is 4. The average molecular weight is 342 g/mol. The van der Waals surface area contributed by atoms with Crippen LogP contribution < -0.4 is 5.32 Å². The van der Waals surface area contributed by atoms with Crippen molar-refractivity contribution < 1.29 is 10.2 Å². The molecule has 1 saturated heterocycles. The zero-order valence-electron chi connectivity index (χ0n) is 11.8. The fraction of sp³-hybridized carbons (Fsp3) is 0.615. The molecule has 1 saturated carbocycles. The van der Waals surface area contributed by atoms with Crippen molar-refractivity contribution in [2.24, 2.45) is 0 Å². The molecule has 2 aliphatic rings. The predicted octanol–water partition coefficient (Wildman–Crippen LogP) is 1.41. The van der Waals surface area contributed by atoms with Gasteiger partial charge in [0.2, 0.25) is 5.28 Å². The Kier molecular flexibility index (Phi) is 3.44. The maximum atomic E-state index is 10.2. The SMILES string of the molecule is C[C@@H]1S[C@H](n2cnc3c(NC4CC4)nc(Cl)nc32)[C@H](O)[C@@H]1O. The van der Waals surface area contributed by atoms with Crippen LogP contribution in [0.2, 0.25) is 5.28 Å². The molecule has 2 aromatic rings. The Bertz CT molecular complexity index is 722. The number of halogens is 1. The molecule has 7 nitrogen and oxygen atoms in total. The summed E-state index contributed by atoms with van der Waals surface area (Å²) in [6.07, 6.45) is 2.22. The quantitative estimate of drug-likeness (QED) is 0.726. The molecule has 4 rings (SSSR count). The highest BCUT2D eigenvalue weighted by atomic mass is 35.5. The standard InChI is InChI=1S/C13H16ClN5O2S/c1-5-8(20)9(21)12(22-5)19-4-15-7-10(16-6-2-3-6)17-13(14)18-11(7)19/h4-6,8-9,12,20-21H,2-3H2,1H3,(H,16,17,18)/t5-,8+,9+,12-/m0/s1. The van der Waals surface area contributed by atoms with Crippen LogP contribution >= 0.6 is 23.4 Å². The van der Waals surface area contributed by atoms with Crippen molar-refractivity contribution in [1.29, 1.82) is 0 Å². The zero-order chi connectivity index (χ0) is 15.4. The molecule has 3 N–H and O–H groups in total. The molecule has 4 atom stereocenters. The van der Waals surface area contributed by atoms with E-state index in [2.05, 4.69) is 20.3 Å². The number of aliphatic hydroxyl groups is 2. The Balaban J connectivity index is 1.77. The van der Waals surface area contributed by atoms with Crippen molar-refractivity contribution >= 4 is 40.3 Å². The molecule has 0 amide bonds. The van der Waals surface area contributed by atoms with Crippen molar-refractivity contribution in [2.45, 2.75) is 48.6 Å². The number of nitrogens with one attached hydrogen (secondary N) is 1. The third-order valence-electron chi connectivity index (χ3n) is 4.06. The van der Waals surface area contributed by atoms with E-state index < -0.39 is 12.2 Å². The third-order valence-corrected chi connectivity index (χ3v) is 5.73. The lowest BCUT2D eigenvalue weighted by atomic mass is 10.1. The van der Waals surface area contributed by atoms with E-state index in [0.29, 0.717) is 23.0 Å². The number of imidazole rings is 1. The maximum absolute atomic E-state index is 10.2. The van der Waals surface area contributed by atoms with Gasteiger partial charge >= 0.3 is 0 Å². The molecular formula is C13H16ClN5O2S. The Morgan fingerprint density at radius 2 is 2.09 bits per heavy atom. The van der Waals surface area contributed by atoms with Gasteiger partial charge in [-0.3, -0.25) is 4.57 Å². The maximum Gasteiger partial charge on any atom is 0.226 e. The number of hydrogen-bond acceptors (Lipinski definition) is 7. The van der Waals surface area contributed by atoms with E-state index in [9.17, 15) is 10.2 Å². The predicted molar refractivity (Wildman–Crippen MR) is 85.1 cm³/mol. The molecule has 2 fully saturated rings. The summed E-state index contributed by atoms with van der Waals surface area (Å²) >= 11 is 7.53. The number of aliphatic hydroxyl groups excluding tert-OH is 2. The molecule has 22 heavy (non-hydrogen) atoms. The van der Waals surface area contributed by atoms with Crippen LogP contribution in [0.5, 0.6) is 0 Å². The molecule has 118 valence electrons. The van der Waals surface area contributed by atoms with E-state index in [1.54, 1.807) is 10.9 Å². The Morgan fingerprint density at radius 1 is 1.32 bits per heavy atom. The van der Waals surface area contributed by atoms with E-state index in [-0.39, 0.29) is 15.9 Å². The fourth-order valence-corrected chi connectivity index (χ4v) is 4.19. The lowest BCUT2D eigenvalue weighted by Gasteiger charge is -2.17. The second-order valence-electron chi connectivity index (χ2n) is 5.80. The van der Waals surface area contributed by atoms with E-state index in [0.717, 1.165) is 12.8 Å². The van der Waals surface area contributed by atoms with Gasteiger partial charge in [-0.1, -0.05) is 6.92 Å². The number of rotatable bonds is 3. The monoisotopic (exact) mass is 341 g/mol. The number of thioether (sulfide) groups is 1. The third kappa shape index (κ3) is 2.34. The van der Waals surface area contributed by atoms with E-state index in [4.69, 9.17) is 11.6 Å². The first kappa shape index (κ1) is 14.5. The van der Waals surface area contributed by atoms with E-state index in [1.165, 1.54) is 11.8 Å². The number of hydrogen-bond donors (Lipinski definition) is 3. The molecule has 0 spiro atoms. The molecule has 1 aliphatic carbocycles. The highest BCUT2D eigenvalue weighted by molar-refractivity contribution is 8.00.